The molecule has 4 aromatic carbocycles. The second-order valence-electron chi connectivity index (χ2n) is 10.3. The van der Waals surface area contributed by atoms with E-state index in [0.717, 1.165) is 16.7 Å². The van der Waals surface area contributed by atoms with Gasteiger partial charge in [0.1, 0.15) is 31.2 Å². The molecule has 7 heteroatoms. The van der Waals surface area contributed by atoms with Gasteiger partial charge in [0.2, 0.25) is 0 Å². The molecule has 0 saturated heterocycles. The molecule has 0 bridgehead atoms. The van der Waals surface area contributed by atoms with Crippen LogP contribution in [0.15, 0.2) is 91.0 Å². The van der Waals surface area contributed by atoms with Gasteiger partial charge in [0.25, 0.3) is 5.91 Å². The predicted octanol–water partition coefficient (Wildman–Crippen LogP) is 6.91. The minimum Gasteiger partial charge on any atom is -0.488 e. The maximum Gasteiger partial charge on any atom is 0.340 e. The first-order valence-corrected chi connectivity index (χ1v) is 13.1. The van der Waals surface area contributed by atoms with Gasteiger partial charge in [-0.3, -0.25) is 4.79 Å². The third-order valence-electron chi connectivity index (χ3n) is 6.12. The Hall–Kier alpha value is -4.78. The maximum absolute atomic E-state index is 13.8. The van der Waals surface area contributed by atoms with Crippen LogP contribution in [0.5, 0.6) is 17.2 Å². The molecule has 0 unspecified atom stereocenters. The molecule has 1 amide bonds. The van der Waals surface area contributed by atoms with Crippen LogP contribution < -0.4 is 19.5 Å². The number of nitrogens with one attached hydrogen (secondary N) is 1. The highest BCUT2D eigenvalue weighted by atomic mass is 16.6. The summed E-state index contributed by atoms with van der Waals surface area (Å²) in [6, 6.07) is 27.9. The van der Waals surface area contributed by atoms with Crippen LogP contribution in [-0.4, -0.2) is 30.7 Å². The summed E-state index contributed by atoms with van der Waals surface area (Å²) in [6.45, 7) is 6.43. The number of carbonyl (C=O) groups is 2. The minimum absolute atomic E-state index is 0.243. The van der Waals surface area contributed by atoms with Gasteiger partial charge in [0.05, 0.1) is 16.8 Å². The average Bonchev–Trinajstić information content (AvgIpc) is 2.95. The van der Waals surface area contributed by atoms with Gasteiger partial charge in [0.15, 0.2) is 11.5 Å². The quantitative estimate of drug-likeness (QED) is 0.258. The first-order chi connectivity index (χ1) is 19.3. The second kappa shape index (κ2) is 11.5. The molecular formula is C33H31NO6. The molecule has 1 heterocycles. The third-order valence-corrected chi connectivity index (χ3v) is 6.12. The Kier molecular flexibility index (Phi) is 7.73. The smallest absolute Gasteiger partial charge is 0.340 e. The summed E-state index contributed by atoms with van der Waals surface area (Å²) < 4.78 is 23.2. The number of benzene rings is 4. The van der Waals surface area contributed by atoms with E-state index >= 15 is 0 Å². The SMILES string of the molecule is CC(C)(C)OC(=O)c1ccc(-c2ccccc2)cc1NC(=O)c1cc2c(cc1OCc1ccccc1)OCCO2. The molecule has 204 valence electrons. The Morgan fingerprint density at radius 2 is 1.43 bits per heavy atom. The van der Waals surface area contributed by atoms with Gasteiger partial charge in [0, 0.05) is 12.1 Å². The normalized spacial score (nSPS) is 12.4. The zero-order valence-corrected chi connectivity index (χ0v) is 22.7. The van der Waals surface area contributed by atoms with Crippen molar-refractivity contribution in [3.8, 4) is 28.4 Å². The zero-order chi connectivity index (χ0) is 28.1. The van der Waals surface area contributed by atoms with Crippen molar-refractivity contribution in [2.45, 2.75) is 33.0 Å². The molecule has 40 heavy (non-hydrogen) atoms. The summed E-state index contributed by atoms with van der Waals surface area (Å²) in [5.74, 6) is 0.295. The molecule has 0 radical (unpaired) electrons. The number of hydrogen-bond acceptors (Lipinski definition) is 6. The van der Waals surface area contributed by atoms with Crippen molar-refractivity contribution in [2.24, 2.45) is 0 Å². The lowest BCUT2D eigenvalue weighted by molar-refractivity contribution is 0.00707. The standard InChI is InChI=1S/C33H31NO6/c1-33(2,3)40-32(36)25-15-14-24(23-12-8-5-9-13-23)18-27(25)34-31(35)26-19-29-30(38-17-16-37-29)20-28(26)39-21-22-10-6-4-7-11-22/h4-15,18-20H,16-17,21H2,1-3H3,(H,34,35). The molecule has 5 rings (SSSR count). The van der Waals surface area contributed by atoms with E-state index in [1.165, 1.54) is 0 Å². The van der Waals surface area contributed by atoms with Crippen molar-refractivity contribution in [3.05, 3.63) is 108 Å². The van der Waals surface area contributed by atoms with Crippen molar-refractivity contribution < 1.29 is 28.5 Å². The number of amides is 1. The second-order valence-corrected chi connectivity index (χ2v) is 10.3. The molecule has 1 N–H and O–H groups in total. The zero-order valence-electron chi connectivity index (χ0n) is 22.7. The number of rotatable bonds is 7. The van der Waals surface area contributed by atoms with E-state index in [4.69, 9.17) is 18.9 Å². The van der Waals surface area contributed by atoms with Crippen molar-refractivity contribution in [1.82, 2.24) is 0 Å². The fourth-order valence-corrected chi connectivity index (χ4v) is 4.26. The summed E-state index contributed by atoms with van der Waals surface area (Å²) in [4.78, 5) is 26.9. The van der Waals surface area contributed by atoms with Crippen LogP contribution in [0.3, 0.4) is 0 Å². The van der Waals surface area contributed by atoms with Crippen molar-refractivity contribution >= 4 is 17.6 Å². The first-order valence-electron chi connectivity index (χ1n) is 13.1. The average molecular weight is 538 g/mol. The van der Waals surface area contributed by atoms with Crippen LogP contribution >= 0.6 is 0 Å². The van der Waals surface area contributed by atoms with E-state index in [-0.39, 0.29) is 17.7 Å². The van der Waals surface area contributed by atoms with E-state index in [1.54, 1.807) is 45.0 Å². The van der Waals surface area contributed by atoms with E-state index in [0.29, 0.717) is 36.1 Å². The number of carbonyl (C=O) groups excluding carboxylic acids is 2. The van der Waals surface area contributed by atoms with E-state index in [9.17, 15) is 9.59 Å². The van der Waals surface area contributed by atoms with Crippen LogP contribution in [0.2, 0.25) is 0 Å². The maximum atomic E-state index is 13.8. The van der Waals surface area contributed by atoms with Crippen molar-refractivity contribution in [3.63, 3.8) is 0 Å². The Morgan fingerprint density at radius 3 is 2.10 bits per heavy atom. The van der Waals surface area contributed by atoms with Gasteiger partial charge in [-0.25, -0.2) is 4.79 Å². The van der Waals surface area contributed by atoms with Crippen molar-refractivity contribution in [2.75, 3.05) is 18.5 Å². The highest BCUT2D eigenvalue weighted by Gasteiger charge is 2.25. The number of fused-ring (bicyclic) bond motifs is 1. The van der Waals surface area contributed by atoms with Crippen LogP contribution in [0.4, 0.5) is 5.69 Å². The molecule has 7 nitrogen and oxygen atoms in total. The van der Waals surface area contributed by atoms with Crippen LogP contribution in [0, 0.1) is 0 Å². The Balaban J connectivity index is 1.51. The third kappa shape index (κ3) is 6.43. The first kappa shape index (κ1) is 26.8. The lowest BCUT2D eigenvalue weighted by Gasteiger charge is -2.22. The largest absolute Gasteiger partial charge is 0.488 e. The van der Waals surface area contributed by atoms with Gasteiger partial charge >= 0.3 is 5.97 Å². The van der Waals surface area contributed by atoms with Gasteiger partial charge < -0.3 is 24.3 Å². The summed E-state index contributed by atoms with van der Waals surface area (Å²) in [6.07, 6.45) is 0. The van der Waals surface area contributed by atoms with Crippen LogP contribution in [0.1, 0.15) is 47.1 Å². The number of anilines is 1. The summed E-state index contributed by atoms with van der Waals surface area (Å²) in [7, 11) is 0. The summed E-state index contributed by atoms with van der Waals surface area (Å²) >= 11 is 0. The Bertz CT molecular complexity index is 1510. The monoisotopic (exact) mass is 537 g/mol. The fraction of sp³-hybridized carbons (Fsp3) is 0.212. The minimum atomic E-state index is -0.704. The molecule has 0 fully saturated rings. The van der Waals surface area contributed by atoms with Crippen LogP contribution in [-0.2, 0) is 11.3 Å². The molecule has 0 aliphatic carbocycles. The van der Waals surface area contributed by atoms with E-state index in [1.807, 2.05) is 66.7 Å². The molecule has 0 atom stereocenters. The van der Waals surface area contributed by atoms with E-state index < -0.39 is 17.5 Å². The van der Waals surface area contributed by atoms with Gasteiger partial charge in [-0.15, -0.1) is 0 Å². The summed E-state index contributed by atoms with van der Waals surface area (Å²) in [5.41, 5.74) is 2.85. The Morgan fingerprint density at radius 1 is 0.775 bits per heavy atom. The highest BCUT2D eigenvalue weighted by Crippen LogP contribution is 2.38. The molecule has 0 saturated carbocycles. The molecule has 1 aliphatic heterocycles. The van der Waals surface area contributed by atoms with Gasteiger partial charge in [-0.2, -0.15) is 0 Å². The highest BCUT2D eigenvalue weighted by molar-refractivity contribution is 6.10. The lowest BCUT2D eigenvalue weighted by atomic mass is 10.0. The van der Waals surface area contributed by atoms with Gasteiger partial charge in [-0.05, 0) is 49.6 Å². The molecule has 0 spiro atoms. The van der Waals surface area contributed by atoms with E-state index in [2.05, 4.69) is 5.32 Å². The number of ether oxygens (including phenoxy) is 4. The van der Waals surface area contributed by atoms with Crippen LogP contribution in [0.25, 0.3) is 11.1 Å². The topological polar surface area (TPSA) is 83.1 Å². The molecule has 1 aliphatic rings. The lowest BCUT2D eigenvalue weighted by Crippen LogP contribution is -2.25. The number of esters is 1. The Labute approximate surface area is 233 Å². The van der Waals surface area contributed by atoms with Crippen molar-refractivity contribution in [1.29, 1.82) is 0 Å². The fourth-order valence-electron chi connectivity index (χ4n) is 4.26. The summed E-state index contributed by atoms with van der Waals surface area (Å²) in [5, 5.41) is 2.93. The molecular weight excluding hydrogens is 506 g/mol. The predicted molar refractivity (Wildman–Crippen MR) is 153 cm³/mol. The molecule has 4 aromatic rings. The molecule has 0 aromatic heterocycles. The number of hydrogen-bond donors (Lipinski definition) is 1. The van der Waals surface area contributed by atoms with Gasteiger partial charge in [-0.1, -0.05) is 66.7 Å².